The van der Waals surface area contributed by atoms with Crippen LogP contribution in [-0.2, 0) is 21.4 Å². The predicted molar refractivity (Wildman–Crippen MR) is 108 cm³/mol. The maximum atomic E-state index is 12.6. The molecule has 142 valence electrons. The molecule has 2 unspecified atom stereocenters. The van der Waals surface area contributed by atoms with Gasteiger partial charge in [-0.15, -0.1) is 0 Å². The summed E-state index contributed by atoms with van der Waals surface area (Å²) in [4.78, 5) is 15.1. The highest BCUT2D eigenvalue weighted by Crippen LogP contribution is 2.55. The number of methoxy groups -OCH3 is 1. The topological polar surface area (TPSA) is 29.5 Å². The average molecular weight is 364 g/mol. The van der Waals surface area contributed by atoms with Gasteiger partial charge in [-0.3, -0.25) is 4.79 Å². The van der Waals surface area contributed by atoms with Crippen LogP contribution in [0.2, 0.25) is 0 Å². The highest BCUT2D eigenvalue weighted by atomic mass is 16.5. The van der Waals surface area contributed by atoms with Gasteiger partial charge >= 0.3 is 5.97 Å². The van der Waals surface area contributed by atoms with Gasteiger partial charge in [0.2, 0.25) is 0 Å². The zero-order chi connectivity index (χ0) is 18.7. The number of likely N-dealkylation sites (tertiary alicyclic amines) is 1. The lowest BCUT2D eigenvalue weighted by Gasteiger charge is -2.32. The Bertz CT molecular complexity index is 752. The van der Waals surface area contributed by atoms with Crippen LogP contribution in [0.4, 0.5) is 0 Å². The third-order valence-electron chi connectivity index (χ3n) is 6.50. The van der Waals surface area contributed by atoms with Gasteiger partial charge in [-0.05, 0) is 61.7 Å². The summed E-state index contributed by atoms with van der Waals surface area (Å²) in [6.07, 6.45) is 4.60. The summed E-state index contributed by atoms with van der Waals surface area (Å²) < 4.78 is 5.18. The van der Waals surface area contributed by atoms with Gasteiger partial charge in [0, 0.05) is 6.54 Å². The van der Waals surface area contributed by atoms with Gasteiger partial charge in [-0.25, -0.2) is 0 Å². The van der Waals surface area contributed by atoms with Gasteiger partial charge in [0.1, 0.15) is 0 Å². The smallest absolute Gasteiger partial charge is 0.316 e. The first-order valence-electron chi connectivity index (χ1n) is 10.1. The lowest BCUT2D eigenvalue weighted by molar-refractivity contribution is -0.144. The summed E-state index contributed by atoms with van der Waals surface area (Å²) in [5, 5.41) is 0. The molecule has 3 heteroatoms. The Labute approximate surface area is 162 Å². The number of carbonyl (C=O) groups excluding carboxylic acids is 1. The Hall–Kier alpha value is -2.13. The first-order valence-corrected chi connectivity index (χ1v) is 10.1. The molecule has 1 saturated heterocycles. The molecule has 1 aliphatic carbocycles. The van der Waals surface area contributed by atoms with E-state index in [-0.39, 0.29) is 5.97 Å². The Kier molecular flexibility index (Phi) is 5.31. The fraction of sp³-hybridized carbons (Fsp3) is 0.458. The van der Waals surface area contributed by atoms with Crippen molar-refractivity contribution in [2.75, 3.05) is 26.7 Å². The van der Waals surface area contributed by atoms with Crippen LogP contribution in [0.3, 0.4) is 0 Å². The SMILES string of the molecule is COC(=O)C1(c2ccccc2)CC1CN1CCC(Cc2ccccc2)CC1. The molecule has 2 atom stereocenters. The minimum atomic E-state index is -0.420. The summed E-state index contributed by atoms with van der Waals surface area (Å²) in [5.41, 5.74) is 2.14. The molecule has 2 aromatic rings. The van der Waals surface area contributed by atoms with Crippen molar-refractivity contribution in [3.05, 3.63) is 71.8 Å². The van der Waals surface area contributed by atoms with Crippen LogP contribution in [-0.4, -0.2) is 37.6 Å². The Morgan fingerprint density at radius 3 is 2.30 bits per heavy atom. The maximum Gasteiger partial charge on any atom is 0.316 e. The van der Waals surface area contributed by atoms with Gasteiger partial charge in [-0.1, -0.05) is 60.7 Å². The molecule has 0 N–H and O–H groups in total. The molecular weight excluding hydrogens is 334 g/mol. The summed E-state index contributed by atoms with van der Waals surface area (Å²) in [7, 11) is 1.51. The third kappa shape index (κ3) is 3.79. The van der Waals surface area contributed by atoms with Crippen molar-refractivity contribution < 1.29 is 9.53 Å². The molecule has 1 aliphatic heterocycles. The number of nitrogens with zero attached hydrogens (tertiary/aromatic N) is 1. The van der Waals surface area contributed by atoms with E-state index in [1.807, 2.05) is 18.2 Å². The fourth-order valence-electron chi connectivity index (χ4n) is 4.82. The molecule has 3 nitrogen and oxygen atoms in total. The van der Waals surface area contributed by atoms with E-state index >= 15 is 0 Å². The number of ether oxygens (including phenoxy) is 1. The zero-order valence-corrected chi connectivity index (χ0v) is 16.1. The van der Waals surface area contributed by atoms with Crippen LogP contribution < -0.4 is 0 Å². The monoisotopic (exact) mass is 363 g/mol. The first-order chi connectivity index (χ1) is 13.2. The maximum absolute atomic E-state index is 12.6. The standard InChI is InChI=1S/C24H29NO2/c1-27-23(26)24(21-10-6-3-7-11-21)17-22(24)18-25-14-12-20(13-15-25)16-19-8-4-2-5-9-19/h2-11,20,22H,12-18H2,1H3. The van der Waals surface area contributed by atoms with Gasteiger partial charge in [0.25, 0.3) is 0 Å². The van der Waals surface area contributed by atoms with Crippen molar-refractivity contribution in [3.8, 4) is 0 Å². The van der Waals surface area contributed by atoms with Gasteiger partial charge in [0.15, 0.2) is 0 Å². The van der Waals surface area contributed by atoms with E-state index in [1.165, 1.54) is 31.9 Å². The van der Waals surface area contributed by atoms with Crippen molar-refractivity contribution in [1.82, 2.24) is 4.90 Å². The molecule has 1 saturated carbocycles. The second kappa shape index (κ2) is 7.85. The second-order valence-electron chi connectivity index (χ2n) is 8.16. The van der Waals surface area contributed by atoms with E-state index in [4.69, 9.17) is 4.74 Å². The van der Waals surface area contributed by atoms with Crippen LogP contribution in [0.15, 0.2) is 60.7 Å². The van der Waals surface area contributed by atoms with Gasteiger partial charge in [-0.2, -0.15) is 0 Å². The minimum Gasteiger partial charge on any atom is -0.468 e. The molecule has 27 heavy (non-hydrogen) atoms. The molecule has 2 aromatic carbocycles. The summed E-state index contributed by atoms with van der Waals surface area (Å²) in [6.45, 7) is 3.28. The molecule has 4 rings (SSSR count). The average Bonchev–Trinajstić information content (AvgIpc) is 3.45. The van der Waals surface area contributed by atoms with E-state index in [2.05, 4.69) is 47.4 Å². The van der Waals surface area contributed by atoms with Crippen LogP contribution in [0.5, 0.6) is 0 Å². The number of hydrogen-bond acceptors (Lipinski definition) is 3. The lowest BCUT2D eigenvalue weighted by Crippen LogP contribution is -2.37. The summed E-state index contributed by atoms with van der Waals surface area (Å²) in [6, 6.07) is 21.0. The minimum absolute atomic E-state index is 0.0716. The highest BCUT2D eigenvalue weighted by molar-refractivity contribution is 5.87. The summed E-state index contributed by atoms with van der Waals surface area (Å²) >= 11 is 0. The number of piperidine rings is 1. The third-order valence-corrected chi connectivity index (χ3v) is 6.50. The lowest BCUT2D eigenvalue weighted by atomic mass is 9.89. The number of esters is 1. The van der Waals surface area contributed by atoms with E-state index in [9.17, 15) is 4.79 Å². The van der Waals surface area contributed by atoms with Crippen LogP contribution in [0, 0.1) is 11.8 Å². The molecular formula is C24H29NO2. The largest absolute Gasteiger partial charge is 0.468 e. The van der Waals surface area contributed by atoms with Crippen molar-refractivity contribution in [1.29, 1.82) is 0 Å². The Morgan fingerprint density at radius 1 is 1.04 bits per heavy atom. The quantitative estimate of drug-likeness (QED) is 0.725. The molecule has 2 fully saturated rings. The van der Waals surface area contributed by atoms with Gasteiger partial charge in [0.05, 0.1) is 12.5 Å². The second-order valence-corrected chi connectivity index (χ2v) is 8.16. The molecule has 2 aliphatic rings. The van der Waals surface area contributed by atoms with Crippen LogP contribution in [0.25, 0.3) is 0 Å². The number of hydrogen-bond donors (Lipinski definition) is 0. The van der Waals surface area contributed by atoms with Crippen molar-refractivity contribution in [2.45, 2.75) is 31.1 Å². The molecule has 0 spiro atoms. The van der Waals surface area contributed by atoms with E-state index in [0.29, 0.717) is 5.92 Å². The molecule has 0 aromatic heterocycles. The van der Waals surface area contributed by atoms with Gasteiger partial charge < -0.3 is 9.64 Å². The van der Waals surface area contributed by atoms with Crippen molar-refractivity contribution in [3.63, 3.8) is 0 Å². The number of rotatable bonds is 6. The molecule has 0 amide bonds. The first kappa shape index (κ1) is 18.2. The van der Waals surface area contributed by atoms with E-state index in [0.717, 1.165) is 37.5 Å². The Balaban J connectivity index is 1.33. The molecule has 1 heterocycles. The molecule has 0 radical (unpaired) electrons. The molecule has 0 bridgehead atoms. The van der Waals surface area contributed by atoms with E-state index in [1.54, 1.807) is 0 Å². The van der Waals surface area contributed by atoms with E-state index < -0.39 is 5.41 Å². The zero-order valence-electron chi connectivity index (χ0n) is 16.1. The number of benzene rings is 2. The summed E-state index contributed by atoms with van der Waals surface area (Å²) in [5.74, 6) is 1.08. The Morgan fingerprint density at radius 2 is 1.67 bits per heavy atom. The normalized spacial score (nSPS) is 25.9. The predicted octanol–water partition coefficient (Wildman–Crippen LogP) is 4.07. The van der Waals surface area contributed by atoms with Crippen molar-refractivity contribution in [2.24, 2.45) is 11.8 Å². The number of carbonyl (C=O) groups is 1. The van der Waals surface area contributed by atoms with Crippen LogP contribution in [0.1, 0.15) is 30.4 Å². The highest BCUT2D eigenvalue weighted by Gasteiger charge is 2.62. The van der Waals surface area contributed by atoms with Crippen LogP contribution >= 0.6 is 0 Å². The van der Waals surface area contributed by atoms with Crippen molar-refractivity contribution >= 4 is 5.97 Å². The fourth-order valence-corrected chi connectivity index (χ4v) is 4.82.